The number of likely N-dealkylation sites (N-methyl/N-ethyl adjacent to an activating group) is 1. The SMILES string of the molecule is CCNC1C(N2CCCOC(C)C2)CCCC1(C)C. The summed E-state index contributed by atoms with van der Waals surface area (Å²) in [4.78, 5) is 2.70. The molecule has 3 atom stereocenters. The molecule has 0 aromatic rings. The van der Waals surface area contributed by atoms with Gasteiger partial charge in [-0.3, -0.25) is 4.90 Å². The Kier molecular flexibility index (Phi) is 5.27. The van der Waals surface area contributed by atoms with Crippen molar-refractivity contribution in [1.82, 2.24) is 10.2 Å². The third-order valence-corrected chi connectivity index (χ3v) is 4.92. The van der Waals surface area contributed by atoms with Crippen LogP contribution in [0.4, 0.5) is 0 Å². The number of ether oxygens (including phenoxy) is 1. The Hall–Kier alpha value is -0.120. The van der Waals surface area contributed by atoms with Crippen LogP contribution in [0.5, 0.6) is 0 Å². The number of hydrogen-bond donors (Lipinski definition) is 1. The molecular formula is C16H32N2O. The van der Waals surface area contributed by atoms with E-state index in [0.717, 1.165) is 19.7 Å². The molecule has 0 spiro atoms. The van der Waals surface area contributed by atoms with Gasteiger partial charge in [0.25, 0.3) is 0 Å². The van der Waals surface area contributed by atoms with Crippen molar-refractivity contribution in [2.24, 2.45) is 5.41 Å². The van der Waals surface area contributed by atoms with E-state index in [4.69, 9.17) is 4.74 Å². The lowest BCUT2D eigenvalue weighted by molar-refractivity contribution is 0.0244. The van der Waals surface area contributed by atoms with Gasteiger partial charge in [0.2, 0.25) is 0 Å². The van der Waals surface area contributed by atoms with Gasteiger partial charge in [0, 0.05) is 31.8 Å². The Balaban J connectivity index is 2.10. The predicted octanol–water partition coefficient (Wildman–Crippen LogP) is 2.65. The Morgan fingerprint density at radius 3 is 2.84 bits per heavy atom. The van der Waals surface area contributed by atoms with E-state index in [-0.39, 0.29) is 0 Å². The molecular weight excluding hydrogens is 236 g/mol. The Morgan fingerprint density at radius 1 is 1.32 bits per heavy atom. The van der Waals surface area contributed by atoms with E-state index in [2.05, 4.69) is 37.9 Å². The molecule has 3 unspecified atom stereocenters. The van der Waals surface area contributed by atoms with Crippen molar-refractivity contribution in [3.63, 3.8) is 0 Å². The number of nitrogens with one attached hydrogen (secondary N) is 1. The molecule has 1 saturated carbocycles. The van der Waals surface area contributed by atoms with Crippen LogP contribution in [0.3, 0.4) is 0 Å². The van der Waals surface area contributed by atoms with E-state index in [9.17, 15) is 0 Å². The summed E-state index contributed by atoms with van der Waals surface area (Å²) in [6.45, 7) is 13.6. The summed E-state index contributed by atoms with van der Waals surface area (Å²) in [6.07, 6.45) is 5.62. The second kappa shape index (κ2) is 6.55. The number of hydrogen-bond acceptors (Lipinski definition) is 3. The maximum atomic E-state index is 5.81. The molecule has 1 heterocycles. The van der Waals surface area contributed by atoms with Crippen LogP contribution in [0, 0.1) is 5.41 Å². The van der Waals surface area contributed by atoms with Crippen molar-refractivity contribution in [3.05, 3.63) is 0 Å². The summed E-state index contributed by atoms with van der Waals surface area (Å²) in [5, 5.41) is 3.77. The average molecular weight is 268 g/mol. The maximum absolute atomic E-state index is 5.81. The summed E-state index contributed by atoms with van der Waals surface area (Å²) in [6, 6.07) is 1.31. The summed E-state index contributed by atoms with van der Waals surface area (Å²) in [5.41, 5.74) is 0.412. The van der Waals surface area contributed by atoms with E-state index in [0.29, 0.717) is 23.6 Å². The van der Waals surface area contributed by atoms with Crippen LogP contribution in [-0.4, -0.2) is 49.3 Å². The molecule has 2 rings (SSSR count). The highest BCUT2D eigenvalue weighted by Gasteiger charge is 2.41. The van der Waals surface area contributed by atoms with Crippen LogP contribution in [-0.2, 0) is 4.74 Å². The lowest BCUT2D eigenvalue weighted by Crippen LogP contribution is -2.59. The summed E-state index contributed by atoms with van der Waals surface area (Å²) in [7, 11) is 0. The molecule has 1 N–H and O–H groups in total. The molecule has 1 aliphatic carbocycles. The quantitative estimate of drug-likeness (QED) is 0.851. The number of rotatable bonds is 3. The van der Waals surface area contributed by atoms with E-state index in [1.807, 2.05) is 0 Å². The van der Waals surface area contributed by atoms with Crippen LogP contribution in [0.15, 0.2) is 0 Å². The van der Waals surface area contributed by atoms with Crippen LogP contribution in [0.1, 0.15) is 53.4 Å². The molecule has 0 aromatic heterocycles. The monoisotopic (exact) mass is 268 g/mol. The Bertz CT molecular complexity index is 280. The van der Waals surface area contributed by atoms with Gasteiger partial charge in [0.1, 0.15) is 0 Å². The lowest BCUT2D eigenvalue weighted by atomic mass is 9.70. The smallest absolute Gasteiger partial charge is 0.0674 e. The van der Waals surface area contributed by atoms with Gasteiger partial charge in [-0.1, -0.05) is 27.2 Å². The fourth-order valence-electron chi connectivity index (χ4n) is 3.96. The second-order valence-corrected chi connectivity index (χ2v) is 7.01. The third kappa shape index (κ3) is 3.71. The maximum Gasteiger partial charge on any atom is 0.0674 e. The lowest BCUT2D eigenvalue weighted by Gasteiger charge is -2.48. The van der Waals surface area contributed by atoms with Crippen molar-refractivity contribution in [1.29, 1.82) is 0 Å². The minimum absolute atomic E-state index is 0.384. The van der Waals surface area contributed by atoms with E-state index in [1.165, 1.54) is 32.2 Å². The molecule has 0 aromatic carbocycles. The van der Waals surface area contributed by atoms with Gasteiger partial charge in [0.15, 0.2) is 0 Å². The first-order chi connectivity index (χ1) is 9.04. The number of nitrogens with zero attached hydrogens (tertiary/aromatic N) is 1. The molecule has 3 heteroatoms. The fourth-order valence-corrected chi connectivity index (χ4v) is 3.96. The van der Waals surface area contributed by atoms with Crippen molar-refractivity contribution >= 4 is 0 Å². The molecule has 1 aliphatic heterocycles. The van der Waals surface area contributed by atoms with Crippen LogP contribution < -0.4 is 5.32 Å². The van der Waals surface area contributed by atoms with Crippen molar-refractivity contribution in [2.75, 3.05) is 26.2 Å². The molecule has 1 saturated heterocycles. The topological polar surface area (TPSA) is 24.5 Å². The van der Waals surface area contributed by atoms with Gasteiger partial charge in [-0.25, -0.2) is 0 Å². The van der Waals surface area contributed by atoms with Crippen molar-refractivity contribution in [2.45, 2.75) is 71.6 Å². The van der Waals surface area contributed by atoms with Gasteiger partial charge in [-0.2, -0.15) is 0 Å². The van der Waals surface area contributed by atoms with Gasteiger partial charge in [-0.15, -0.1) is 0 Å². The largest absolute Gasteiger partial charge is 0.377 e. The second-order valence-electron chi connectivity index (χ2n) is 7.01. The third-order valence-electron chi connectivity index (χ3n) is 4.92. The molecule has 2 fully saturated rings. The van der Waals surface area contributed by atoms with Crippen LogP contribution in [0.25, 0.3) is 0 Å². The van der Waals surface area contributed by atoms with Crippen molar-refractivity contribution < 1.29 is 4.74 Å². The van der Waals surface area contributed by atoms with Crippen LogP contribution >= 0.6 is 0 Å². The van der Waals surface area contributed by atoms with E-state index in [1.54, 1.807) is 0 Å². The standard InChI is InChI=1S/C16H32N2O/c1-5-17-15-14(8-6-9-16(15,3)4)18-10-7-11-19-13(2)12-18/h13-15,17H,5-12H2,1-4H3. The molecule has 0 bridgehead atoms. The first-order valence-electron chi connectivity index (χ1n) is 8.13. The van der Waals surface area contributed by atoms with Gasteiger partial charge >= 0.3 is 0 Å². The molecule has 2 aliphatic rings. The van der Waals surface area contributed by atoms with Gasteiger partial charge in [-0.05, 0) is 38.1 Å². The Morgan fingerprint density at radius 2 is 2.11 bits per heavy atom. The predicted molar refractivity (Wildman–Crippen MR) is 80.5 cm³/mol. The van der Waals surface area contributed by atoms with Gasteiger partial charge < -0.3 is 10.1 Å². The molecule has 3 nitrogen and oxygen atoms in total. The molecule has 112 valence electrons. The summed E-state index contributed by atoms with van der Waals surface area (Å²) >= 11 is 0. The zero-order valence-corrected chi connectivity index (χ0v) is 13.2. The highest BCUT2D eigenvalue weighted by molar-refractivity contribution is 4.98. The van der Waals surface area contributed by atoms with E-state index >= 15 is 0 Å². The first kappa shape index (κ1) is 15.3. The van der Waals surface area contributed by atoms with Crippen molar-refractivity contribution in [3.8, 4) is 0 Å². The molecule has 19 heavy (non-hydrogen) atoms. The highest BCUT2D eigenvalue weighted by Crippen LogP contribution is 2.38. The average Bonchev–Trinajstić information content (AvgIpc) is 2.56. The Labute approximate surface area is 119 Å². The molecule has 0 radical (unpaired) electrons. The fraction of sp³-hybridized carbons (Fsp3) is 1.00. The highest BCUT2D eigenvalue weighted by atomic mass is 16.5. The van der Waals surface area contributed by atoms with E-state index < -0.39 is 0 Å². The summed E-state index contributed by atoms with van der Waals surface area (Å²) in [5.74, 6) is 0. The zero-order chi connectivity index (χ0) is 13.9. The minimum Gasteiger partial charge on any atom is -0.377 e. The van der Waals surface area contributed by atoms with Crippen LogP contribution in [0.2, 0.25) is 0 Å². The normalized spacial score (nSPS) is 36.9. The molecule has 0 amide bonds. The van der Waals surface area contributed by atoms with Gasteiger partial charge in [0.05, 0.1) is 6.10 Å². The zero-order valence-electron chi connectivity index (χ0n) is 13.2. The summed E-state index contributed by atoms with van der Waals surface area (Å²) < 4.78 is 5.81. The minimum atomic E-state index is 0.384. The first-order valence-corrected chi connectivity index (χ1v) is 8.13.